The van der Waals surface area contributed by atoms with Gasteiger partial charge in [-0.05, 0) is 36.1 Å². The molecule has 0 fully saturated rings. The van der Waals surface area contributed by atoms with Crippen molar-refractivity contribution >= 4 is 28.1 Å². The van der Waals surface area contributed by atoms with Crippen LogP contribution in [0.4, 0.5) is 5.69 Å². The van der Waals surface area contributed by atoms with E-state index in [2.05, 4.69) is 31.8 Å². The fourth-order valence-electron chi connectivity index (χ4n) is 2.87. The zero-order chi connectivity index (χ0) is 19.5. The lowest BCUT2D eigenvalue weighted by Crippen LogP contribution is -2.25. The van der Waals surface area contributed by atoms with Crippen LogP contribution in [0.3, 0.4) is 0 Å². The number of aromatic nitrogens is 4. The highest BCUT2D eigenvalue weighted by Crippen LogP contribution is 2.24. The van der Waals surface area contributed by atoms with Crippen LogP contribution in [-0.4, -0.2) is 33.4 Å². The van der Waals surface area contributed by atoms with Gasteiger partial charge in [-0.1, -0.05) is 0 Å². The molecule has 28 heavy (non-hydrogen) atoms. The number of anilines is 1. The van der Waals surface area contributed by atoms with Crippen molar-refractivity contribution in [2.45, 2.75) is 13.5 Å². The zero-order valence-electron chi connectivity index (χ0n) is 15.5. The molecule has 4 aromatic heterocycles. The maximum atomic E-state index is 12.2. The smallest absolute Gasteiger partial charge is 0.266 e. The van der Waals surface area contributed by atoms with E-state index in [-0.39, 0.29) is 5.56 Å². The highest BCUT2D eigenvalue weighted by Gasteiger charge is 2.07. The number of fused-ring (bicyclic) bond motifs is 1. The minimum atomic E-state index is -0.124. The summed E-state index contributed by atoms with van der Waals surface area (Å²) in [6.07, 6.45) is 3.38. The molecule has 4 rings (SSSR count). The van der Waals surface area contributed by atoms with Gasteiger partial charge in [0.25, 0.3) is 5.56 Å². The number of pyridine rings is 2. The number of nitrogens with one attached hydrogen (secondary N) is 1. The lowest BCUT2D eigenvalue weighted by molar-refractivity contribution is 0.413. The van der Waals surface area contributed by atoms with E-state index >= 15 is 0 Å². The summed E-state index contributed by atoms with van der Waals surface area (Å²) < 4.78 is 6.68. The number of ether oxygens (including phenoxy) is 1. The first-order valence-corrected chi connectivity index (χ1v) is 9.68. The van der Waals surface area contributed by atoms with Gasteiger partial charge in [0.2, 0.25) is 0 Å². The predicted octanol–water partition coefficient (Wildman–Crippen LogP) is 3.34. The third kappa shape index (κ3) is 3.72. The second kappa shape index (κ2) is 7.77. The summed E-state index contributed by atoms with van der Waals surface area (Å²) in [5.74, 6) is 0.661. The molecule has 0 radical (unpaired) electrons. The molecule has 0 saturated heterocycles. The SMILES string of the molecule is COc1cnc2c(NCCn3nc(-c4cc(C)cs4)ccc3=O)ccnc2c1. The first kappa shape index (κ1) is 18.1. The molecule has 1 N–H and O–H groups in total. The van der Waals surface area contributed by atoms with Crippen LogP contribution in [0.2, 0.25) is 0 Å². The van der Waals surface area contributed by atoms with Crippen LogP contribution in [0.25, 0.3) is 21.6 Å². The van der Waals surface area contributed by atoms with Crippen LogP contribution in [0.1, 0.15) is 5.56 Å². The summed E-state index contributed by atoms with van der Waals surface area (Å²) in [5, 5.41) is 9.90. The fourth-order valence-corrected chi connectivity index (χ4v) is 3.73. The minimum Gasteiger partial charge on any atom is -0.495 e. The third-order valence-corrected chi connectivity index (χ3v) is 5.35. The topological polar surface area (TPSA) is 81.9 Å². The normalized spacial score (nSPS) is 10.9. The Morgan fingerprint density at radius 3 is 2.89 bits per heavy atom. The molecule has 142 valence electrons. The Hall–Kier alpha value is -3.26. The van der Waals surface area contributed by atoms with Crippen molar-refractivity contribution in [3.05, 3.63) is 64.0 Å². The molecule has 0 aliphatic carbocycles. The minimum absolute atomic E-state index is 0.124. The number of hydrogen-bond acceptors (Lipinski definition) is 7. The quantitative estimate of drug-likeness (QED) is 0.541. The molecule has 0 amide bonds. The van der Waals surface area contributed by atoms with Crippen LogP contribution in [-0.2, 0) is 6.54 Å². The Kier molecular flexibility index (Phi) is 5.03. The van der Waals surface area contributed by atoms with Crippen molar-refractivity contribution in [2.75, 3.05) is 19.0 Å². The number of hydrogen-bond donors (Lipinski definition) is 1. The fraction of sp³-hybridized carbons (Fsp3) is 0.200. The van der Waals surface area contributed by atoms with Gasteiger partial charge < -0.3 is 10.1 Å². The van der Waals surface area contributed by atoms with Gasteiger partial charge in [-0.15, -0.1) is 11.3 Å². The van der Waals surface area contributed by atoms with E-state index in [4.69, 9.17) is 4.74 Å². The summed E-state index contributed by atoms with van der Waals surface area (Å²) >= 11 is 1.62. The lowest BCUT2D eigenvalue weighted by Gasteiger charge is -2.10. The first-order valence-electron chi connectivity index (χ1n) is 8.80. The van der Waals surface area contributed by atoms with Crippen LogP contribution >= 0.6 is 11.3 Å². The van der Waals surface area contributed by atoms with Crippen molar-refractivity contribution in [3.63, 3.8) is 0 Å². The van der Waals surface area contributed by atoms with Crippen LogP contribution in [0.15, 0.2) is 52.9 Å². The van der Waals surface area contributed by atoms with E-state index in [0.29, 0.717) is 18.8 Å². The number of methoxy groups -OCH3 is 1. The Labute approximate surface area is 165 Å². The standard InChI is InChI=1S/C20H19N5O2S/c1-13-9-18(28-12-13)15-3-4-19(26)25(24-15)8-7-22-16-5-6-21-17-10-14(27-2)11-23-20(16)17/h3-6,9-12H,7-8H2,1-2H3,(H,21,22). The summed E-state index contributed by atoms with van der Waals surface area (Å²) in [5.41, 5.74) is 4.23. The van der Waals surface area contributed by atoms with Gasteiger partial charge >= 0.3 is 0 Å². The molecule has 4 aromatic rings. The molecule has 0 unspecified atom stereocenters. The molecular formula is C20H19N5O2S. The van der Waals surface area contributed by atoms with E-state index in [9.17, 15) is 4.79 Å². The number of thiophene rings is 1. The van der Waals surface area contributed by atoms with Gasteiger partial charge in [-0.3, -0.25) is 9.78 Å². The van der Waals surface area contributed by atoms with Gasteiger partial charge in [0, 0.05) is 24.9 Å². The molecule has 0 aromatic carbocycles. The van der Waals surface area contributed by atoms with Gasteiger partial charge in [0.1, 0.15) is 17.0 Å². The van der Waals surface area contributed by atoms with Crippen LogP contribution in [0, 0.1) is 6.92 Å². The molecule has 0 bridgehead atoms. The molecule has 0 atom stereocenters. The Morgan fingerprint density at radius 1 is 1.21 bits per heavy atom. The summed E-state index contributed by atoms with van der Waals surface area (Å²) in [4.78, 5) is 22.0. The van der Waals surface area contributed by atoms with Crippen molar-refractivity contribution in [3.8, 4) is 16.3 Å². The van der Waals surface area contributed by atoms with Gasteiger partial charge in [0.15, 0.2) is 0 Å². The average Bonchev–Trinajstić information content (AvgIpc) is 3.15. The molecule has 0 spiro atoms. The molecule has 4 heterocycles. The molecule has 0 saturated carbocycles. The maximum Gasteiger partial charge on any atom is 0.266 e. The largest absolute Gasteiger partial charge is 0.495 e. The van der Waals surface area contributed by atoms with Gasteiger partial charge in [-0.25, -0.2) is 9.67 Å². The number of rotatable bonds is 6. The van der Waals surface area contributed by atoms with Gasteiger partial charge in [0.05, 0.1) is 35.9 Å². The molecule has 0 aliphatic heterocycles. The van der Waals surface area contributed by atoms with Crippen LogP contribution in [0.5, 0.6) is 5.75 Å². The zero-order valence-corrected chi connectivity index (χ0v) is 16.4. The van der Waals surface area contributed by atoms with E-state index in [1.54, 1.807) is 43.0 Å². The highest BCUT2D eigenvalue weighted by molar-refractivity contribution is 7.13. The van der Waals surface area contributed by atoms with Crippen LogP contribution < -0.4 is 15.6 Å². The van der Waals surface area contributed by atoms with Crippen molar-refractivity contribution in [1.29, 1.82) is 0 Å². The van der Waals surface area contributed by atoms with E-state index < -0.39 is 0 Å². The number of aryl methyl sites for hydroxylation is 1. The van der Waals surface area contributed by atoms with Crippen molar-refractivity contribution in [2.24, 2.45) is 0 Å². The molecule has 8 heteroatoms. The Bertz CT molecular complexity index is 1180. The third-order valence-electron chi connectivity index (χ3n) is 4.28. The second-order valence-corrected chi connectivity index (χ2v) is 7.21. The Morgan fingerprint density at radius 2 is 2.11 bits per heavy atom. The molecular weight excluding hydrogens is 374 g/mol. The number of nitrogens with zero attached hydrogens (tertiary/aromatic N) is 4. The van der Waals surface area contributed by atoms with E-state index in [1.165, 1.54) is 10.2 Å². The van der Waals surface area contributed by atoms with Gasteiger partial charge in [-0.2, -0.15) is 5.10 Å². The average molecular weight is 393 g/mol. The summed E-state index contributed by atoms with van der Waals surface area (Å²) in [6, 6.07) is 9.11. The van der Waals surface area contributed by atoms with E-state index in [0.717, 1.165) is 27.3 Å². The first-order chi connectivity index (χ1) is 13.6. The summed E-state index contributed by atoms with van der Waals surface area (Å²) in [7, 11) is 1.60. The molecule has 0 aliphatic rings. The monoisotopic (exact) mass is 393 g/mol. The summed E-state index contributed by atoms with van der Waals surface area (Å²) in [6.45, 7) is 3.02. The lowest BCUT2D eigenvalue weighted by atomic mass is 10.2. The van der Waals surface area contributed by atoms with Crippen molar-refractivity contribution < 1.29 is 4.74 Å². The van der Waals surface area contributed by atoms with E-state index in [1.807, 2.05) is 19.1 Å². The second-order valence-electron chi connectivity index (χ2n) is 6.30. The van der Waals surface area contributed by atoms with Crippen molar-refractivity contribution in [1.82, 2.24) is 19.7 Å². The predicted molar refractivity (Wildman–Crippen MR) is 111 cm³/mol. The highest BCUT2D eigenvalue weighted by atomic mass is 32.1. The maximum absolute atomic E-state index is 12.2. The Balaban J connectivity index is 1.51. The molecule has 7 nitrogen and oxygen atoms in total.